The van der Waals surface area contributed by atoms with Gasteiger partial charge in [-0.25, -0.2) is 0 Å². The first-order valence-electron chi connectivity index (χ1n) is 8.36. The Morgan fingerprint density at radius 3 is 3.00 bits per heavy atom. The van der Waals surface area contributed by atoms with Gasteiger partial charge in [0, 0.05) is 24.4 Å². The number of furan rings is 1. The fourth-order valence-corrected chi connectivity index (χ4v) is 4.60. The third kappa shape index (κ3) is 2.86. The van der Waals surface area contributed by atoms with Crippen LogP contribution in [0, 0.1) is 5.92 Å². The van der Waals surface area contributed by atoms with Crippen LogP contribution in [0.5, 0.6) is 0 Å². The van der Waals surface area contributed by atoms with Crippen LogP contribution in [0.25, 0.3) is 0 Å². The van der Waals surface area contributed by atoms with Gasteiger partial charge in [-0.3, -0.25) is 9.59 Å². The van der Waals surface area contributed by atoms with Crippen LogP contribution in [0.2, 0.25) is 0 Å². The molecule has 5 nitrogen and oxygen atoms in total. The molecule has 2 aromatic heterocycles. The van der Waals surface area contributed by atoms with Gasteiger partial charge >= 0.3 is 0 Å². The van der Waals surface area contributed by atoms with Crippen molar-refractivity contribution in [1.82, 2.24) is 9.80 Å². The van der Waals surface area contributed by atoms with Crippen LogP contribution in [-0.2, 0) is 16.1 Å². The lowest BCUT2D eigenvalue weighted by molar-refractivity contribution is -0.136. The first-order chi connectivity index (χ1) is 11.7. The summed E-state index contributed by atoms with van der Waals surface area (Å²) in [4.78, 5) is 30.2. The minimum atomic E-state index is -0.229. The molecule has 6 heteroatoms. The van der Waals surface area contributed by atoms with E-state index in [0.29, 0.717) is 19.5 Å². The highest BCUT2D eigenvalue weighted by Gasteiger charge is 2.40. The smallest absolute Gasteiger partial charge is 0.228 e. The first-order valence-corrected chi connectivity index (χ1v) is 9.24. The lowest BCUT2D eigenvalue weighted by atomic mass is 10.1. The van der Waals surface area contributed by atoms with Gasteiger partial charge in [-0.15, -0.1) is 11.3 Å². The van der Waals surface area contributed by atoms with Crippen molar-refractivity contribution in [3.8, 4) is 0 Å². The molecule has 2 atom stereocenters. The van der Waals surface area contributed by atoms with Gasteiger partial charge in [-0.05, 0) is 36.4 Å². The molecule has 0 N–H and O–H groups in total. The second-order valence-electron chi connectivity index (χ2n) is 6.46. The summed E-state index contributed by atoms with van der Waals surface area (Å²) in [5.41, 5.74) is 0. The fourth-order valence-electron chi connectivity index (χ4n) is 3.72. The van der Waals surface area contributed by atoms with E-state index in [1.165, 1.54) is 4.88 Å². The molecule has 0 radical (unpaired) electrons. The number of rotatable bonds is 4. The van der Waals surface area contributed by atoms with Crippen molar-refractivity contribution in [2.45, 2.75) is 31.8 Å². The average Bonchev–Trinajstić information content (AvgIpc) is 3.36. The van der Waals surface area contributed by atoms with E-state index in [9.17, 15) is 9.59 Å². The minimum absolute atomic E-state index is 0.0385. The largest absolute Gasteiger partial charge is 0.467 e. The molecular weight excluding hydrogens is 324 g/mol. The number of likely N-dealkylation sites (tertiary alicyclic amines) is 2. The molecule has 2 aliphatic rings. The molecule has 0 spiro atoms. The molecule has 2 unspecified atom stereocenters. The predicted molar refractivity (Wildman–Crippen MR) is 90.2 cm³/mol. The molecule has 2 amide bonds. The predicted octanol–water partition coefficient (Wildman–Crippen LogP) is 3.05. The number of hydrogen-bond acceptors (Lipinski definition) is 4. The molecule has 0 saturated carbocycles. The zero-order valence-corrected chi connectivity index (χ0v) is 14.2. The molecule has 24 heavy (non-hydrogen) atoms. The third-order valence-corrected chi connectivity index (χ3v) is 5.87. The summed E-state index contributed by atoms with van der Waals surface area (Å²) in [7, 11) is 0. The van der Waals surface area contributed by atoms with Crippen molar-refractivity contribution in [3.05, 3.63) is 46.5 Å². The first kappa shape index (κ1) is 15.4. The molecule has 4 rings (SSSR count). The van der Waals surface area contributed by atoms with E-state index >= 15 is 0 Å². The van der Waals surface area contributed by atoms with Gasteiger partial charge in [-0.1, -0.05) is 6.07 Å². The van der Waals surface area contributed by atoms with Crippen molar-refractivity contribution in [2.24, 2.45) is 5.92 Å². The third-order valence-electron chi connectivity index (χ3n) is 4.90. The van der Waals surface area contributed by atoms with Crippen molar-refractivity contribution >= 4 is 23.2 Å². The summed E-state index contributed by atoms with van der Waals surface area (Å²) >= 11 is 1.70. The number of thiophene rings is 1. The number of nitrogens with zero attached hydrogens (tertiary/aromatic N) is 2. The van der Waals surface area contributed by atoms with Crippen LogP contribution >= 0.6 is 11.3 Å². The van der Waals surface area contributed by atoms with Crippen molar-refractivity contribution in [1.29, 1.82) is 0 Å². The Hall–Kier alpha value is -2.08. The zero-order chi connectivity index (χ0) is 16.5. The van der Waals surface area contributed by atoms with E-state index in [1.807, 2.05) is 23.1 Å². The highest BCUT2D eigenvalue weighted by molar-refractivity contribution is 7.10. The highest BCUT2D eigenvalue weighted by atomic mass is 32.1. The monoisotopic (exact) mass is 344 g/mol. The lowest BCUT2D eigenvalue weighted by Gasteiger charge is -2.26. The normalized spacial score (nSPS) is 24.1. The molecular formula is C18H20N2O3S. The van der Waals surface area contributed by atoms with E-state index in [-0.39, 0.29) is 23.8 Å². The minimum Gasteiger partial charge on any atom is -0.467 e. The molecule has 2 fully saturated rings. The van der Waals surface area contributed by atoms with E-state index in [2.05, 4.69) is 11.4 Å². The van der Waals surface area contributed by atoms with Crippen LogP contribution < -0.4 is 0 Å². The average molecular weight is 344 g/mol. The number of amides is 2. The fraction of sp³-hybridized carbons (Fsp3) is 0.444. The van der Waals surface area contributed by atoms with Crippen molar-refractivity contribution < 1.29 is 14.0 Å². The maximum Gasteiger partial charge on any atom is 0.228 e. The summed E-state index contributed by atoms with van der Waals surface area (Å²) in [5.74, 6) is 0.694. The highest BCUT2D eigenvalue weighted by Crippen LogP contribution is 2.36. The van der Waals surface area contributed by atoms with E-state index in [1.54, 1.807) is 22.5 Å². The van der Waals surface area contributed by atoms with Gasteiger partial charge in [-0.2, -0.15) is 0 Å². The maximum absolute atomic E-state index is 13.0. The van der Waals surface area contributed by atoms with Crippen molar-refractivity contribution in [2.75, 3.05) is 13.1 Å². The number of hydrogen-bond donors (Lipinski definition) is 0. The van der Waals surface area contributed by atoms with Gasteiger partial charge in [0.2, 0.25) is 11.8 Å². The topological polar surface area (TPSA) is 53.8 Å². The van der Waals surface area contributed by atoms with Crippen LogP contribution in [0.4, 0.5) is 0 Å². The Morgan fingerprint density at radius 1 is 1.33 bits per heavy atom. The van der Waals surface area contributed by atoms with Gasteiger partial charge in [0.25, 0.3) is 0 Å². The summed E-state index contributed by atoms with van der Waals surface area (Å²) in [6.45, 7) is 1.74. The van der Waals surface area contributed by atoms with E-state index < -0.39 is 0 Å². The molecule has 2 saturated heterocycles. The number of carbonyl (C=O) groups excluding carboxylic acids is 2. The second-order valence-corrected chi connectivity index (χ2v) is 7.44. The van der Waals surface area contributed by atoms with Gasteiger partial charge in [0.05, 0.1) is 24.8 Å². The Labute approximate surface area is 144 Å². The Balaban J connectivity index is 1.44. The summed E-state index contributed by atoms with van der Waals surface area (Å²) in [6.07, 6.45) is 3.97. The zero-order valence-electron chi connectivity index (χ0n) is 13.4. The summed E-state index contributed by atoms with van der Waals surface area (Å²) in [6, 6.07) is 7.99. The van der Waals surface area contributed by atoms with E-state index in [0.717, 1.165) is 25.1 Å². The van der Waals surface area contributed by atoms with Crippen LogP contribution in [0.3, 0.4) is 0 Å². The Bertz CT molecular complexity index is 711. The van der Waals surface area contributed by atoms with Gasteiger partial charge in [0.1, 0.15) is 5.76 Å². The molecule has 0 aliphatic carbocycles. The van der Waals surface area contributed by atoms with Gasteiger partial charge in [0.15, 0.2) is 0 Å². The quantitative estimate of drug-likeness (QED) is 0.856. The summed E-state index contributed by atoms with van der Waals surface area (Å²) < 4.78 is 5.32. The Kier molecular flexibility index (Phi) is 4.14. The van der Waals surface area contributed by atoms with Crippen molar-refractivity contribution in [3.63, 3.8) is 0 Å². The molecule has 4 heterocycles. The molecule has 0 bridgehead atoms. The molecule has 2 aromatic rings. The molecule has 2 aliphatic heterocycles. The molecule has 126 valence electrons. The van der Waals surface area contributed by atoms with Gasteiger partial charge < -0.3 is 14.2 Å². The maximum atomic E-state index is 13.0. The van der Waals surface area contributed by atoms with Crippen LogP contribution in [0.15, 0.2) is 40.3 Å². The van der Waals surface area contributed by atoms with Crippen LogP contribution in [-0.4, -0.2) is 34.7 Å². The standard InChI is InChI=1S/C18H20N2O3S/c21-17-10-13(11-19(17)12-14-4-2-8-23-14)18(22)20-7-1-5-15(20)16-6-3-9-24-16/h2-4,6,8-9,13,15H,1,5,7,10-12H2. The molecule has 0 aromatic carbocycles. The van der Waals surface area contributed by atoms with E-state index in [4.69, 9.17) is 4.42 Å². The second kappa shape index (κ2) is 6.43. The Morgan fingerprint density at radius 2 is 2.25 bits per heavy atom. The van der Waals surface area contributed by atoms with Crippen LogP contribution in [0.1, 0.15) is 35.9 Å². The SMILES string of the molecule is O=C1CC(C(=O)N2CCCC2c2cccs2)CN1Cc1ccco1. The number of carbonyl (C=O) groups is 2. The lowest BCUT2D eigenvalue weighted by Crippen LogP contribution is -2.36. The summed E-state index contributed by atoms with van der Waals surface area (Å²) in [5, 5.41) is 2.06.